The van der Waals surface area contributed by atoms with Gasteiger partial charge in [-0.05, 0) is 24.6 Å². The molecule has 102 valence electrons. The number of rotatable bonds is 4. The molecule has 2 N–H and O–H groups in total. The number of hydrogen-bond donors (Lipinski definition) is 1. The topological polar surface area (TPSA) is 78.0 Å². The van der Waals surface area contributed by atoms with Crippen LogP contribution in [-0.4, -0.2) is 24.2 Å². The molecule has 1 aromatic heterocycles. The molecule has 2 aromatic rings. The van der Waals surface area contributed by atoms with Crippen LogP contribution in [0.1, 0.15) is 24.2 Å². The third kappa shape index (κ3) is 3.21. The lowest BCUT2D eigenvalue weighted by molar-refractivity contribution is 0.602. The molecule has 0 unspecified atom stereocenters. The Balaban J connectivity index is 2.23. The van der Waals surface area contributed by atoms with Gasteiger partial charge < -0.3 is 10.3 Å². The van der Waals surface area contributed by atoms with Gasteiger partial charge in [-0.15, -0.1) is 0 Å². The van der Waals surface area contributed by atoms with E-state index in [4.69, 9.17) is 5.73 Å². The van der Waals surface area contributed by atoms with Gasteiger partial charge >= 0.3 is 0 Å². The lowest BCUT2D eigenvalue weighted by atomic mass is 10.2. The summed E-state index contributed by atoms with van der Waals surface area (Å²) < 4.78 is 24.7. The summed E-state index contributed by atoms with van der Waals surface area (Å²) in [6.07, 6.45) is 4.67. The smallest absolute Gasteiger partial charge is 0.175 e. The van der Waals surface area contributed by atoms with Crippen molar-refractivity contribution in [3.05, 3.63) is 48.0 Å². The van der Waals surface area contributed by atoms with Gasteiger partial charge in [0.05, 0.1) is 16.9 Å². The molecular formula is C13H17N3O2S. The predicted molar refractivity (Wildman–Crippen MR) is 73.5 cm³/mol. The van der Waals surface area contributed by atoms with Gasteiger partial charge in [0.25, 0.3) is 0 Å². The van der Waals surface area contributed by atoms with Crippen LogP contribution in [0, 0.1) is 0 Å². The zero-order valence-corrected chi connectivity index (χ0v) is 11.8. The van der Waals surface area contributed by atoms with Gasteiger partial charge in [-0.1, -0.05) is 12.1 Å². The molecule has 2 rings (SSSR count). The fourth-order valence-electron chi connectivity index (χ4n) is 1.88. The van der Waals surface area contributed by atoms with Crippen LogP contribution in [0.3, 0.4) is 0 Å². The van der Waals surface area contributed by atoms with Gasteiger partial charge in [0.15, 0.2) is 9.84 Å². The zero-order chi connectivity index (χ0) is 14.0. The van der Waals surface area contributed by atoms with Crippen LogP contribution in [0.4, 0.5) is 0 Å². The first kappa shape index (κ1) is 13.8. The summed E-state index contributed by atoms with van der Waals surface area (Å²) in [6, 6.07) is 6.76. The Labute approximate surface area is 113 Å². The molecule has 0 saturated carbocycles. The van der Waals surface area contributed by atoms with Gasteiger partial charge in [-0.3, -0.25) is 0 Å². The highest BCUT2D eigenvalue weighted by molar-refractivity contribution is 7.90. The van der Waals surface area contributed by atoms with Gasteiger partial charge in [-0.25, -0.2) is 13.4 Å². The predicted octanol–water partition coefficient (Wildman–Crippen LogP) is 1.35. The summed E-state index contributed by atoms with van der Waals surface area (Å²) in [7, 11) is -3.14. The summed E-state index contributed by atoms with van der Waals surface area (Å²) >= 11 is 0. The monoisotopic (exact) mass is 279 g/mol. The molecule has 1 heterocycles. The first-order valence-corrected chi connectivity index (χ1v) is 7.81. The molecule has 6 heteroatoms. The second kappa shape index (κ2) is 5.14. The van der Waals surface area contributed by atoms with Crippen LogP contribution >= 0.6 is 0 Å². The van der Waals surface area contributed by atoms with Crippen LogP contribution in [-0.2, 0) is 16.4 Å². The fourth-order valence-corrected chi connectivity index (χ4v) is 2.51. The van der Waals surface area contributed by atoms with Crippen LogP contribution < -0.4 is 5.73 Å². The van der Waals surface area contributed by atoms with E-state index in [2.05, 4.69) is 4.98 Å². The Kier molecular flexibility index (Phi) is 3.73. The largest absolute Gasteiger partial charge is 0.329 e. The van der Waals surface area contributed by atoms with E-state index in [-0.39, 0.29) is 6.04 Å². The third-order valence-electron chi connectivity index (χ3n) is 2.92. The van der Waals surface area contributed by atoms with Crippen molar-refractivity contribution < 1.29 is 8.42 Å². The number of nitrogens with two attached hydrogens (primary N) is 1. The first-order valence-electron chi connectivity index (χ1n) is 5.92. The number of hydrogen-bond acceptors (Lipinski definition) is 4. The molecule has 0 spiro atoms. The molecule has 0 aliphatic rings. The van der Waals surface area contributed by atoms with E-state index in [1.807, 2.05) is 11.5 Å². The number of aromatic nitrogens is 2. The maximum atomic E-state index is 11.4. The van der Waals surface area contributed by atoms with Crippen molar-refractivity contribution in [1.29, 1.82) is 0 Å². The highest BCUT2D eigenvalue weighted by atomic mass is 32.2. The Morgan fingerprint density at radius 1 is 1.32 bits per heavy atom. The maximum Gasteiger partial charge on any atom is 0.175 e. The van der Waals surface area contributed by atoms with Gasteiger partial charge in [0.2, 0.25) is 0 Å². The minimum Gasteiger partial charge on any atom is -0.329 e. The Morgan fingerprint density at radius 2 is 1.95 bits per heavy atom. The molecule has 0 bridgehead atoms. The van der Waals surface area contributed by atoms with Crippen molar-refractivity contribution in [2.24, 2.45) is 5.73 Å². The van der Waals surface area contributed by atoms with Crippen molar-refractivity contribution in [3.8, 4) is 0 Å². The highest BCUT2D eigenvalue weighted by Crippen LogP contribution is 2.14. The van der Waals surface area contributed by atoms with Crippen molar-refractivity contribution in [1.82, 2.24) is 9.55 Å². The van der Waals surface area contributed by atoms with Crippen molar-refractivity contribution >= 4 is 9.84 Å². The van der Waals surface area contributed by atoms with E-state index in [9.17, 15) is 8.42 Å². The summed E-state index contributed by atoms with van der Waals surface area (Å²) in [5.41, 5.74) is 7.81. The quantitative estimate of drug-likeness (QED) is 0.916. The van der Waals surface area contributed by atoms with Crippen LogP contribution in [0.25, 0.3) is 0 Å². The fraction of sp³-hybridized carbons (Fsp3) is 0.308. The molecule has 0 aliphatic heterocycles. The average Bonchev–Trinajstić information content (AvgIpc) is 2.77. The molecule has 0 fully saturated rings. The number of imidazole rings is 1. The van der Waals surface area contributed by atoms with E-state index in [1.54, 1.807) is 36.8 Å². The summed E-state index contributed by atoms with van der Waals surface area (Å²) in [6.45, 7) is 2.53. The summed E-state index contributed by atoms with van der Waals surface area (Å²) in [4.78, 5) is 4.41. The lowest BCUT2D eigenvalue weighted by Crippen LogP contribution is -2.12. The number of benzene rings is 1. The van der Waals surface area contributed by atoms with E-state index in [0.717, 1.165) is 11.3 Å². The normalized spacial score (nSPS) is 13.4. The summed E-state index contributed by atoms with van der Waals surface area (Å²) in [5, 5.41) is 0. The van der Waals surface area contributed by atoms with E-state index in [1.165, 1.54) is 6.26 Å². The van der Waals surface area contributed by atoms with Crippen molar-refractivity contribution in [2.75, 3.05) is 6.26 Å². The van der Waals surface area contributed by atoms with Gasteiger partial charge in [0, 0.05) is 25.0 Å². The minimum atomic E-state index is -3.14. The van der Waals surface area contributed by atoms with Crippen LogP contribution in [0.15, 0.2) is 41.7 Å². The van der Waals surface area contributed by atoms with Gasteiger partial charge in [-0.2, -0.15) is 0 Å². The van der Waals surface area contributed by atoms with E-state index >= 15 is 0 Å². The second-order valence-electron chi connectivity index (χ2n) is 4.65. The Morgan fingerprint density at radius 3 is 2.47 bits per heavy atom. The molecule has 5 nitrogen and oxygen atoms in total. The van der Waals surface area contributed by atoms with Crippen LogP contribution in [0.2, 0.25) is 0 Å². The lowest BCUT2D eigenvalue weighted by Gasteiger charge is -2.11. The molecule has 0 amide bonds. The van der Waals surface area contributed by atoms with E-state index < -0.39 is 9.84 Å². The number of nitrogens with zero attached hydrogens (tertiary/aromatic N) is 2. The zero-order valence-electron chi connectivity index (χ0n) is 10.9. The molecule has 0 radical (unpaired) electrons. The first-order chi connectivity index (χ1) is 8.88. The number of sulfone groups is 1. The average molecular weight is 279 g/mol. The summed E-state index contributed by atoms with van der Waals surface area (Å²) in [5.74, 6) is 0. The molecule has 0 saturated heterocycles. The molecule has 0 aliphatic carbocycles. The standard InChI is InChI=1S/C13H17N3O2S/c1-10(14)13-7-15-9-16(13)8-11-3-5-12(6-4-11)19(2,17)18/h3-7,9-10H,8,14H2,1-2H3/t10-/m1/s1. The maximum absolute atomic E-state index is 11.4. The van der Waals surface area contributed by atoms with Gasteiger partial charge in [0.1, 0.15) is 0 Å². The molecule has 19 heavy (non-hydrogen) atoms. The molecular weight excluding hydrogens is 262 g/mol. The second-order valence-corrected chi connectivity index (χ2v) is 6.67. The Bertz CT molecular complexity index is 657. The van der Waals surface area contributed by atoms with Crippen molar-refractivity contribution in [3.63, 3.8) is 0 Å². The van der Waals surface area contributed by atoms with E-state index in [0.29, 0.717) is 11.4 Å². The third-order valence-corrected chi connectivity index (χ3v) is 4.04. The minimum absolute atomic E-state index is 0.0854. The Hall–Kier alpha value is -1.66. The SMILES string of the molecule is C[C@@H](N)c1cncn1Cc1ccc(S(C)(=O)=O)cc1. The van der Waals surface area contributed by atoms with Crippen molar-refractivity contribution in [2.45, 2.75) is 24.4 Å². The molecule has 1 atom stereocenters. The molecule has 1 aromatic carbocycles. The highest BCUT2D eigenvalue weighted by Gasteiger charge is 2.09. The van der Waals surface area contributed by atoms with Crippen LogP contribution in [0.5, 0.6) is 0 Å².